The lowest BCUT2D eigenvalue weighted by Crippen LogP contribution is -2.45. The van der Waals surface area contributed by atoms with Crippen LogP contribution in [0.2, 0.25) is 0 Å². The number of nitrogens with one attached hydrogen (secondary N) is 1. The van der Waals surface area contributed by atoms with E-state index >= 15 is 4.39 Å². The highest BCUT2D eigenvalue weighted by molar-refractivity contribution is 6.02. The zero-order valence-electron chi connectivity index (χ0n) is 20.8. The number of anilines is 1. The molecule has 8 heteroatoms. The molecule has 4 aromatic carbocycles. The zero-order chi connectivity index (χ0) is 26.5. The van der Waals surface area contributed by atoms with E-state index in [2.05, 4.69) is 15.6 Å². The topological polar surface area (TPSA) is 80.1 Å². The average Bonchev–Trinajstić information content (AvgIpc) is 3.34. The standard InChI is InChI=1S/C30H26FN5O2/c1-21-11-5-9-17-26(21)36(28(37)20-35-27-18-10-8-16-25(27)33-34-35)29(23-14-6-7-15-24(23)31)30(38)32-19-22-12-3-2-4-13-22/h2-18,29H,19-20H2,1H3,(H,32,38)/t29-/m0/s1. The molecule has 0 bridgehead atoms. The number of nitrogens with zero attached hydrogens (tertiary/aromatic N) is 4. The van der Waals surface area contributed by atoms with E-state index in [1.54, 1.807) is 24.3 Å². The molecule has 0 aliphatic rings. The molecule has 1 aromatic heterocycles. The molecule has 0 saturated carbocycles. The third-order valence-electron chi connectivity index (χ3n) is 6.36. The number of fused-ring (bicyclic) bond motifs is 1. The number of carbonyl (C=O) groups excluding carboxylic acids is 2. The van der Waals surface area contributed by atoms with Gasteiger partial charge < -0.3 is 5.32 Å². The Hall–Kier alpha value is -4.85. The molecule has 5 aromatic rings. The van der Waals surface area contributed by atoms with Crippen LogP contribution in [-0.4, -0.2) is 26.8 Å². The maximum atomic E-state index is 15.2. The Balaban J connectivity index is 1.58. The second-order valence-electron chi connectivity index (χ2n) is 8.91. The van der Waals surface area contributed by atoms with Crippen molar-refractivity contribution in [3.8, 4) is 0 Å². The van der Waals surface area contributed by atoms with Crippen molar-refractivity contribution in [2.24, 2.45) is 0 Å². The van der Waals surface area contributed by atoms with Crippen LogP contribution in [0.4, 0.5) is 10.1 Å². The summed E-state index contributed by atoms with van der Waals surface area (Å²) in [7, 11) is 0. The fourth-order valence-electron chi connectivity index (χ4n) is 4.47. The van der Waals surface area contributed by atoms with Gasteiger partial charge in [0.15, 0.2) is 0 Å². The van der Waals surface area contributed by atoms with Gasteiger partial charge in [-0.3, -0.25) is 14.5 Å². The predicted octanol–water partition coefficient (Wildman–Crippen LogP) is 4.97. The fourth-order valence-corrected chi connectivity index (χ4v) is 4.47. The highest BCUT2D eigenvalue weighted by Crippen LogP contribution is 2.32. The van der Waals surface area contributed by atoms with Crippen molar-refractivity contribution < 1.29 is 14.0 Å². The summed E-state index contributed by atoms with van der Waals surface area (Å²) >= 11 is 0. The molecule has 1 atom stereocenters. The van der Waals surface area contributed by atoms with Gasteiger partial charge in [-0.1, -0.05) is 84.1 Å². The van der Waals surface area contributed by atoms with Gasteiger partial charge in [-0.05, 0) is 42.3 Å². The molecule has 1 N–H and O–H groups in total. The Morgan fingerprint density at radius 1 is 0.895 bits per heavy atom. The lowest BCUT2D eigenvalue weighted by atomic mass is 10.0. The quantitative estimate of drug-likeness (QED) is 0.322. The third-order valence-corrected chi connectivity index (χ3v) is 6.36. The molecule has 0 fully saturated rings. The van der Waals surface area contributed by atoms with Crippen molar-refractivity contribution in [2.45, 2.75) is 26.1 Å². The fraction of sp³-hybridized carbons (Fsp3) is 0.133. The minimum absolute atomic E-state index is 0.0955. The van der Waals surface area contributed by atoms with E-state index in [9.17, 15) is 9.59 Å². The van der Waals surface area contributed by atoms with Crippen LogP contribution in [0, 0.1) is 12.7 Å². The van der Waals surface area contributed by atoms with Gasteiger partial charge in [0.1, 0.15) is 23.9 Å². The van der Waals surface area contributed by atoms with Crippen LogP contribution in [0.25, 0.3) is 11.0 Å². The summed E-state index contributed by atoms with van der Waals surface area (Å²) in [6, 6.07) is 28.7. The van der Waals surface area contributed by atoms with E-state index in [-0.39, 0.29) is 18.7 Å². The van der Waals surface area contributed by atoms with Gasteiger partial charge in [0.05, 0.1) is 5.52 Å². The van der Waals surface area contributed by atoms with Gasteiger partial charge in [-0.25, -0.2) is 9.07 Å². The first kappa shape index (κ1) is 24.8. The van der Waals surface area contributed by atoms with Crippen LogP contribution >= 0.6 is 0 Å². The summed E-state index contributed by atoms with van der Waals surface area (Å²) in [5, 5.41) is 11.2. The van der Waals surface area contributed by atoms with Crippen LogP contribution in [0.3, 0.4) is 0 Å². The summed E-state index contributed by atoms with van der Waals surface area (Å²) in [5.41, 5.74) is 3.58. The second-order valence-corrected chi connectivity index (χ2v) is 8.91. The number of carbonyl (C=O) groups is 2. The number of rotatable bonds is 8. The lowest BCUT2D eigenvalue weighted by molar-refractivity contribution is -0.127. The van der Waals surface area contributed by atoms with Crippen LogP contribution in [0.5, 0.6) is 0 Å². The zero-order valence-corrected chi connectivity index (χ0v) is 20.8. The monoisotopic (exact) mass is 507 g/mol. The summed E-state index contributed by atoms with van der Waals surface area (Å²) in [6.07, 6.45) is 0. The van der Waals surface area contributed by atoms with E-state index in [1.807, 2.05) is 73.7 Å². The Labute approximate surface area is 219 Å². The minimum atomic E-state index is -1.26. The normalized spacial score (nSPS) is 11.7. The number of para-hydroxylation sites is 2. The van der Waals surface area contributed by atoms with Gasteiger partial charge in [-0.2, -0.15) is 0 Å². The molecule has 0 unspecified atom stereocenters. The molecule has 0 radical (unpaired) electrons. The van der Waals surface area contributed by atoms with Crippen molar-refractivity contribution in [2.75, 3.05) is 4.90 Å². The molecule has 1 heterocycles. The number of hydrogen-bond acceptors (Lipinski definition) is 4. The Morgan fingerprint density at radius 3 is 2.37 bits per heavy atom. The average molecular weight is 508 g/mol. The van der Waals surface area contributed by atoms with Crippen molar-refractivity contribution in [3.63, 3.8) is 0 Å². The molecule has 38 heavy (non-hydrogen) atoms. The highest BCUT2D eigenvalue weighted by atomic mass is 19.1. The largest absolute Gasteiger partial charge is 0.350 e. The lowest BCUT2D eigenvalue weighted by Gasteiger charge is -2.32. The SMILES string of the molecule is Cc1ccccc1N(C(=O)Cn1nnc2ccccc21)[C@H](C(=O)NCc1ccccc1)c1ccccc1F. The van der Waals surface area contributed by atoms with E-state index in [4.69, 9.17) is 0 Å². The van der Waals surface area contributed by atoms with Gasteiger partial charge in [0, 0.05) is 17.8 Å². The number of hydrogen-bond donors (Lipinski definition) is 1. The molecule has 190 valence electrons. The molecule has 7 nitrogen and oxygen atoms in total. The van der Waals surface area contributed by atoms with Crippen LogP contribution in [-0.2, 0) is 22.7 Å². The third kappa shape index (κ3) is 5.15. The van der Waals surface area contributed by atoms with Crippen molar-refractivity contribution >= 4 is 28.5 Å². The number of halogens is 1. The molecule has 0 saturated heterocycles. The predicted molar refractivity (Wildman–Crippen MR) is 144 cm³/mol. The first-order valence-corrected chi connectivity index (χ1v) is 12.2. The molecule has 5 rings (SSSR count). The Kier molecular flexibility index (Phi) is 7.21. The van der Waals surface area contributed by atoms with Crippen molar-refractivity contribution in [1.82, 2.24) is 20.3 Å². The maximum absolute atomic E-state index is 15.2. The van der Waals surface area contributed by atoms with Gasteiger partial charge in [0.2, 0.25) is 11.8 Å². The van der Waals surface area contributed by atoms with E-state index in [0.29, 0.717) is 16.7 Å². The van der Waals surface area contributed by atoms with Crippen LogP contribution in [0.1, 0.15) is 22.7 Å². The molecular weight excluding hydrogens is 481 g/mol. The van der Waals surface area contributed by atoms with E-state index < -0.39 is 23.7 Å². The minimum Gasteiger partial charge on any atom is -0.350 e. The summed E-state index contributed by atoms with van der Waals surface area (Å²) in [4.78, 5) is 29.2. The molecule has 0 aliphatic heterocycles. The first-order chi connectivity index (χ1) is 18.5. The van der Waals surface area contributed by atoms with E-state index in [1.165, 1.54) is 21.7 Å². The number of aromatic nitrogens is 3. The van der Waals surface area contributed by atoms with E-state index in [0.717, 1.165) is 11.1 Å². The summed E-state index contributed by atoms with van der Waals surface area (Å²) in [6.45, 7) is 1.89. The smallest absolute Gasteiger partial charge is 0.249 e. The number of benzene rings is 4. The van der Waals surface area contributed by atoms with Crippen LogP contribution < -0.4 is 10.2 Å². The second kappa shape index (κ2) is 11.0. The first-order valence-electron chi connectivity index (χ1n) is 12.2. The van der Waals surface area contributed by atoms with Crippen LogP contribution in [0.15, 0.2) is 103 Å². The summed E-state index contributed by atoms with van der Waals surface area (Å²) < 4.78 is 16.7. The molecule has 2 amide bonds. The number of amides is 2. The molecule has 0 spiro atoms. The van der Waals surface area contributed by atoms with Gasteiger partial charge in [-0.15, -0.1) is 5.10 Å². The Morgan fingerprint density at radius 2 is 1.58 bits per heavy atom. The number of aryl methyl sites for hydroxylation is 1. The maximum Gasteiger partial charge on any atom is 0.249 e. The van der Waals surface area contributed by atoms with Gasteiger partial charge in [0.25, 0.3) is 0 Å². The highest BCUT2D eigenvalue weighted by Gasteiger charge is 2.35. The Bertz CT molecular complexity index is 1580. The molecule has 0 aliphatic carbocycles. The van der Waals surface area contributed by atoms with Gasteiger partial charge >= 0.3 is 0 Å². The van der Waals surface area contributed by atoms with Crippen molar-refractivity contribution in [1.29, 1.82) is 0 Å². The van der Waals surface area contributed by atoms with Crippen molar-refractivity contribution in [3.05, 3.63) is 126 Å². The summed E-state index contributed by atoms with van der Waals surface area (Å²) in [5.74, 6) is -1.51. The molecular formula is C30H26FN5O2.